The molecule has 1 N–H and O–H groups in total. The Kier molecular flexibility index (Phi) is 3.32. The average Bonchev–Trinajstić information content (AvgIpc) is 2.23. The summed E-state index contributed by atoms with van der Waals surface area (Å²) in [6, 6.07) is 6.05. The summed E-state index contributed by atoms with van der Waals surface area (Å²) in [5.74, 6) is 0. The Morgan fingerprint density at radius 2 is 2.07 bits per heavy atom. The molecule has 0 amide bonds. The summed E-state index contributed by atoms with van der Waals surface area (Å²) in [6.07, 6.45) is 3.68. The lowest BCUT2D eigenvalue weighted by atomic mass is 9.97. The van der Waals surface area contributed by atoms with Gasteiger partial charge in [0, 0.05) is 16.1 Å². The predicted molar refractivity (Wildman–Crippen MR) is 61.1 cm³/mol. The van der Waals surface area contributed by atoms with Crippen LogP contribution in [0.5, 0.6) is 0 Å². The van der Waals surface area contributed by atoms with Gasteiger partial charge in [-0.25, -0.2) is 0 Å². The summed E-state index contributed by atoms with van der Waals surface area (Å²) >= 11 is 12.1. The second-order valence-corrected chi connectivity index (χ2v) is 4.51. The van der Waals surface area contributed by atoms with Crippen molar-refractivity contribution in [3.05, 3.63) is 33.8 Å². The van der Waals surface area contributed by atoms with Crippen molar-refractivity contribution in [3.8, 4) is 0 Å². The molecule has 1 nitrogen and oxygen atoms in total. The SMILES string of the molecule is Clc1ccc(Cl)c([C@H]2CCCCN2)c1. The summed E-state index contributed by atoms with van der Waals surface area (Å²) in [5, 5.41) is 5.03. The lowest BCUT2D eigenvalue weighted by Gasteiger charge is -2.24. The normalized spacial score (nSPS) is 22.3. The minimum absolute atomic E-state index is 0.384. The first-order valence-electron chi connectivity index (χ1n) is 4.96. The molecule has 14 heavy (non-hydrogen) atoms. The van der Waals surface area contributed by atoms with E-state index in [1.807, 2.05) is 18.2 Å². The van der Waals surface area contributed by atoms with Gasteiger partial charge in [-0.05, 0) is 43.1 Å². The highest BCUT2D eigenvalue weighted by Gasteiger charge is 2.17. The Morgan fingerprint density at radius 1 is 1.21 bits per heavy atom. The van der Waals surface area contributed by atoms with Gasteiger partial charge in [-0.1, -0.05) is 29.6 Å². The number of rotatable bonds is 1. The molecule has 0 aromatic heterocycles. The zero-order valence-corrected chi connectivity index (χ0v) is 9.41. The van der Waals surface area contributed by atoms with Crippen LogP contribution in [0.3, 0.4) is 0 Å². The topological polar surface area (TPSA) is 12.0 Å². The highest BCUT2D eigenvalue weighted by Crippen LogP contribution is 2.30. The molecule has 1 aliphatic heterocycles. The van der Waals surface area contributed by atoms with Gasteiger partial charge in [0.05, 0.1) is 0 Å². The van der Waals surface area contributed by atoms with Crippen LogP contribution in [0.4, 0.5) is 0 Å². The molecule has 3 heteroatoms. The van der Waals surface area contributed by atoms with Crippen molar-refractivity contribution in [2.75, 3.05) is 6.54 Å². The van der Waals surface area contributed by atoms with Crippen molar-refractivity contribution >= 4 is 23.2 Å². The standard InChI is InChI=1S/C11H13Cl2N/c12-8-4-5-10(13)9(7-8)11-3-1-2-6-14-11/h4-5,7,11,14H,1-3,6H2/t11-/m1/s1. The van der Waals surface area contributed by atoms with E-state index in [9.17, 15) is 0 Å². The van der Waals surface area contributed by atoms with E-state index in [2.05, 4.69) is 5.32 Å². The van der Waals surface area contributed by atoms with Gasteiger partial charge in [0.1, 0.15) is 0 Å². The van der Waals surface area contributed by atoms with E-state index in [1.54, 1.807) is 0 Å². The average molecular weight is 230 g/mol. The molecule has 1 heterocycles. The second-order valence-electron chi connectivity index (χ2n) is 3.67. The molecule has 0 unspecified atom stereocenters. The van der Waals surface area contributed by atoms with Crippen LogP contribution in [0, 0.1) is 0 Å². The largest absolute Gasteiger partial charge is 0.310 e. The van der Waals surface area contributed by atoms with E-state index < -0.39 is 0 Å². The van der Waals surface area contributed by atoms with Crippen molar-refractivity contribution in [2.24, 2.45) is 0 Å². The highest BCUT2D eigenvalue weighted by molar-refractivity contribution is 6.33. The van der Waals surface area contributed by atoms with E-state index in [0.29, 0.717) is 6.04 Å². The fraction of sp³-hybridized carbons (Fsp3) is 0.455. The number of nitrogens with one attached hydrogen (secondary N) is 1. The van der Waals surface area contributed by atoms with Crippen LogP contribution in [-0.2, 0) is 0 Å². The van der Waals surface area contributed by atoms with Crippen molar-refractivity contribution in [1.82, 2.24) is 5.32 Å². The Labute approximate surface area is 94.4 Å². The molecule has 0 bridgehead atoms. The Bertz CT molecular complexity index is 319. The van der Waals surface area contributed by atoms with Crippen LogP contribution in [0.2, 0.25) is 10.0 Å². The third-order valence-electron chi connectivity index (χ3n) is 2.64. The maximum atomic E-state index is 6.13. The number of halogens is 2. The molecular formula is C11H13Cl2N. The van der Waals surface area contributed by atoms with Crippen LogP contribution in [-0.4, -0.2) is 6.54 Å². The van der Waals surface area contributed by atoms with Gasteiger partial charge in [-0.3, -0.25) is 0 Å². The van der Waals surface area contributed by atoms with E-state index in [0.717, 1.165) is 28.6 Å². The summed E-state index contributed by atoms with van der Waals surface area (Å²) < 4.78 is 0. The summed E-state index contributed by atoms with van der Waals surface area (Å²) in [7, 11) is 0. The first-order valence-corrected chi connectivity index (χ1v) is 5.71. The van der Waals surface area contributed by atoms with Crippen LogP contribution >= 0.6 is 23.2 Å². The Hall–Kier alpha value is -0.240. The molecule has 1 aromatic carbocycles. The maximum Gasteiger partial charge on any atom is 0.0454 e. The van der Waals surface area contributed by atoms with Gasteiger partial charge in [-0.15, -0.1) is 0 Å². The van der Waals surface area contributed by atoms with Crippen LogP contribution in [0.25, 0.3) is 0 Å². The van der Waals surface area contributed by atoms with E-state index in [-0.39, 0.29) is 0 Å². The van der Waals surface area contributed by atoms with Crippen molar-refractivity contribution in [3.63, 3.8) is 0 Å². The third-order valence-corrected chi connectivity index (χ3v) is 3.22. The smallest absolute Gasteiger partial charge is 0.0454 e. The van der Waals surface area contributed by atoms with Crippen molar-refractivity contribution in [2.45, 2.75) is 25.3 Å². The minimum atomic E-state index is 0.384. The van der Waals surface area contributed by atoms with Crippen molar-refractivity contribution in [1.29, 1.82) is 0 Å². The fourth-order valence-electron chi connectivity index (χ4n) is 1.90. The molecule has 2 rings (SSSR count). The van der Waals surface area contributed by atoms with Gasteiger partial charge < -0.3 is 5.32 Å². The van der Waals surface area contributed by atoms with Crippen LogP contribution in [0.1, 0.15) is 30.9 Å². The Balaban J connectivity index is 2.24. The molecule has 1 aromatic rings. The molecule has 1 saturated heterocycles. The van der Waals surface area contributed by atoms with Crippen LogP contribution in [0.15, 0.2) is 18.2 Å². The molecule has 0 radical (unpaired) electrons. The molecular weight excluding hydrogens is 217 g/mol. The number of hydrogen-bond donors (Lipinski definition) is 1. The quantitative estimate of drug-likeness (QED) is 0.773. The number of piperidine rings is 1. The monoisotopic (exact) mass is 229 g/mol. The van der Waals surface area contributed by atoms with Crippen LogP contribution < -0.4 is 5.32 Å². The number of benzene rings is 1. The molecule has 1 aliphatic rings. The second kappa shape index (κ2) is 4.52. The van der Waals surface area contributed by atoms with E-state index in [4.69, 9.17) is 23.2 Å². The zero-order valence-electron chi connectivity index (χ0n) is 7.89. The molecule has 76 valence electrons. The van der Waals surface area contributed by atoms with Gasteiger partial charge in [-0.2, -0.15) is 0 Å². The summed E-state index contributed by atoms with van der Waals surface area (Å²) in [6.45, 7) is 1.08. The molecule has 1 atom stereocenters. The molecule has 1 fully saturated rings. The molecule has 0 saturated carbocycles. The highest BCUT2D eigenvalue weighted by atomic mass is 35.5. The van der Waals surface area contributed by atoms with Gasteiger partial charge in [0.25, 0.3) is 0 Å². The van der Waals surface area contributed by atoms with E-state index in [1.165, 1.54) is 12.8 Å². The lowest BCUT2D eigenvalue weighted by Crippen LogP contribution is -2.26. The predicted octanol–water partition coefficient (Wildman–Crippen LogP) is 3.81. The number of hydrogen-bond acceptors (Lipinski definition) is 1. The van der Waals surface area contributed by atoms with Gasteiger partial charge >= 0.3 is 0 Å². The molecule has 0 aliphatic carbocycles. The summed E-state index contributed by atoms with van der Waals surface area (Å²) in [4.78, 5) is 0. The first kappa shape index (κ1) is 10.3. The first-order chi connectivity index (χ1) is 6.77. The third kappa shape index (κ3) is 2.22. The summed E-state index contributed by atoms with van der Waals surface area (Å²) in [5.41, 5.74) is 1.14. The minimum Gasteiger partial charge on any atom is -0.310 e. The Morgan fingerprint density at radius 3 is 2.79 bits per heavy atom. The lowest BCUT2D eigenvalue weighted by molar-refractivity contribution is 0.412. The zero-order chi connectivity index (χ0) is 9.97. The van der Waals surface area contributed by atoms with Gasteiger partial charge in [0.2, 0.25) is 0 Å². The molecule has 0 spiro atoms. The van der Waals surface area contributed by atoms with Crippen molar-refractivity contribution < 1.29 is 0 Å². The van der Waals surface area contributed by atoms with Gasteiger partial charge in [0.15, 0.2) is 0 Å². The maximum absolute atomic E-state index is 6.13. The fourth-order valence-corrected chi connectivity index (χ4v) is 2.33. The van der Waals surface area contributed by atoms with E-state index >= 15 is 0 Å².